The van der Waals surface area contributed by atoms with E-state index in [9.17, 15) is 4.79 Å². The van der Waals surface area contributed by atoms with Gasteiger partial charge in [0.05, 0.1) is 10.6 Å². The normalized spacial score (nSPS) is 9.08. The fourth-order valence-corrected chi connectivity index (χ4v) is 1.56. The highest BCUT2D eigenvalue weighted by atomic mass is 127. The van der Waals surface area contributed by atoms with Gasteiger partial charge in [-0.15, -0.1) is 0 Å². The Kier molecular flexibility index (Phi) is 3.06. The average Bonchev–Trinajstić information content (AvgIpc) is 2.09. The minimum Gasteiger partial charge on any atom is -0.298 e. The summed E-state index contributed by atoms with van der Waals surface area (Å²) >= 11 is 7.76. The molecule has 0 fully saturated rings. The van der Waals surface area contributed by atoms with Crippen LogP contribution in [0.5, 0.6) is 0 Å². The zero-order valence-corrected chi connectivity index (χ0v) is 8.76. The SMILES string of the molecule is N#Cc1cc(C=O)cc(I)c1Cl. The van der Waals surface area contributed by atoms with Crippen LogP contribution in [0, 0.1) is 14.9 Å². The van der Waals surface area contributed by atoms with Gasteiger partial charge in [0.15, 0.2) is 0 Å². The lowest BCUT2D eigenvalue weighted by molar-refractivity contribution is 0.112. The monoisotopic (exact) mass is 291 g/mol. The summed E-state index contributed by atoms with van der Waals surface area (Å²) in [7, 11) is 0. The first-order chi connectivity index (χ1) is 5.69. The van der Waals surface area contributed by atoms with Gasteiger partial charge in [0.2, 0.25) is 0 Å². The molecule has 1 aromatic rings. The van der Waals surface area contributed by atoms with E-state index in [4.69, 9.17) is 16.9 Å². The third kappa shape index (κ3) is 1.76. The Labute approximate surface area is 88.3 Å². The van der Waals surface area contributed by atoms with E-state index in [1.165, 1.54) is 6.07 Å². The number of carbonyl (C=O) groups excluding carboxylic acids is 1. The Morgan fingerprint density at radius 3 is 2.75 bits per heavy atom. The van der Waals surface area contributed by atoms with E-state index < -0.39 is 0 Å². The second-order valence-electron chi connectivity index (χ2n) is 2.09. The molecule has 0 amide bonds. The van der Waals surface area contributed by atoms with Crippen LogP contribution in [0.25, 0.3) is 0 Å². The van der Waals surface area contributed by atoms with E-state index in [1.54, 1.807) is 6.07 Å². The number of aldehydes is 1. The van der Waals surface area contributed by atoms with Crippen molar-refractivity contribution in [1.29, 1.82) is 5.26 Å². The number of carbonyl (C=O) groups is 1. The molecule has 0 aliphatic heterocycles. The van der Waals surface area contributed by atoms with Gasteiger partial charge in [0.1, 0.15) is 12.4 Å². The quantitative estimate of drug-likeness (QED) is 0.589. The van der Waals surface area contributed by atoms with Crippen molar-refractivity contribution in [2.24, 2.45) is 0 Å². The van der Waals surface area contributed by atoms with Crippen LogP contribution in [0.3, 0.4) is 0 Å². The van der Waals surface area contributed by atoms with Crippen LogP contribution in [0.15, 0.2) is 12.1 Å². The lowest BCUT2D eigenvalue weighted by Gasteiger charge is -1.98. The number of rotatable bonds is 1. The maximum Gasteiger partial charge on any atom is 0.150 e. The minimum atomic E-state index is 0.339. The van der Waals surface area contributed by atoms with Crippen LogP contribution in [-0.2, 0) is 0 Å². The second kappa shape index (κ2) is 3.87. The van der Waals surface area contributed by atoms with Crippen molar-refractivity contribution in [1.82, 2.24) is 0 Å². The maximum absolute atomic E-state index is 10.4. The molecule has 2 nitrogen and oxygen atoms in total. The highest BCUT2D eigenvalue weighted by Gasteiger charge is 2.05. The molecule has 0 spiro atoms. The molecule has 4 heteroatoms. The Balaban J connectivity index is 3.41. The number of halogens is 2. The molecule has 0 N–H and O–H groups in total. The van der Waals surface area contributed by atoms with E-state index in [0.29, 0.717) is 22.4 Å². The Bertz CT molecular complexity index is 370. The first-order valence-electron chi connectivity index (χ1n) is 3.03. The highest BCUT2D eigenvalue weighted by molar-refractivity contribution is 14.1. The number of hydrogen-bond acceptors (Lipinski definition) is 2. The topological polar surface area (TPSA) is 40.9 Å². The largest absolute Gasteiger partial charge is 0.298 e. The van der Waals surface area contributed by atoms with Gasteiger partial charge in [-0.25, -0.2) is 0 Å². The van der Waals surface area contributed by atoms with Gasteiger partial charge >= 0.3 is 0 Å². The van der Waals surface area contributed by atoms with Crippen molar-refractivity contribution < 1.29 is 4.79 Å². The molecule has 0 heterocycles. The van der Waals surface area contributed by atoms with Crippen molar-refractivity contribution in [3.63, 3.8) is 0 Å². The molecule has 60 valence electrons. The summed E-state index contributed by atoms with van der Waals surface area (Å²) in [5.41, 5.74) is 0.811. The number of nitrogens with zero attached hydrogens (tertiary/aromatic N) is 1. The van der Waals surface area contributed by atoms with E-state index in [-0.39, 0.29) is 0 Å². The van der Waals surface area contributed by atoms with E-state index >= 15 is 0 Å². The fourth-order valence-electron chi connectivity index (χ4n) is 0.759. The predicted octanol–water partition coefficient (Wildman–Crippen LogP) is 2.63. The molecule has 0 saturated heterocycles. The van der Waals surface area contributed by atoms with Crippen molar-refractivity contribution >= 4 is 40.5 Å². The summed E-state index contributed by atoms with van der Waals surface area (Å²) < 4.78 is 0.718. The summed E-state index contributed by atoms with van der Waals surface area (Å²) in [5.74, 6) is 0. The van der Waals surface area contributed by atoms with E-state index in [0.717, 1.165) is 3.57 Å². The molecule has 0 bridgehead atoms. The second-order valence-corrected chi connectivity index (χ2v) is 3.63. The summed E-state index contributed by atoms with van der Waals surface area (Å²) in [4.78, 5) is 10.4. The summed E-state index contributed by atoms with van der Waals surface area (Å²) in [5, 5.41) is 9.02. The molecule has 0 aromatic heterocycles. The van der Waals surface area contributed by atoms with Crippen LogP contribution in [0.1, 0.15) is 15.9 Å². The number of benzene rings is 1. The molecule has 12 heavy (non-hydrogen) atoms. The lowest BCUT2D eigenvalue weighted by atomic mass is 10.1. The van der Waals surface area contributed by atoms with Crippen molar-refractivity contribution in [2.45, 2.75) is 0 Å². The van der Waals surface area contributed by atoms with Crippen molar-refractivity contribution in [3.05, 3.63) is 31.9 Å². The van der Waals surface area contributed by atoms with Crippen LogP contribution in [0.2, 0.25) is 5.02 Å². The van der Waals surface area contributed by atoms with Gasteiger partial charge in [-0.2, -0.15) is 5.26 Å². The van der Waals surface area contributed by atoms with Gasteiger partial charge in [-0.1, -0.05) is 11.6 Å². The van der Waals surface area contributed by atoms with Crippen molar-refractivity contribution in [3.8, 4) is 6.07 Å². The highest BCUT2D eigenvalue weighted by Crippen LogP contribution is 2.23. The molecular formula is C8H3ClINO. The summed E-state index contributed by atoms with van der Waals surface area (Å²) in [6.07, 6.45) is 0.694. The van der Waals surface area contributed by atoms with Gasteiger partial charge in [-0.05, 0) is 34.7 Å². The van der Waals surface area contributed by atoms with Crippen LogP contribution < -0.4 is 0 Å². The number of nitriles is 1. The van der Waals surface area contributed by atoms with Gasteiger partial charge in [0.25, 0.3) is 0 Å². The average molecular weight is 291 g/mol. The smallest absolute Gasteiger partial charge is 0.150 e. The Morgan fingerprint density at radius 1 is 1.58 bits per heavy atom. The zero-order chi connectivity index (χ0) is 9.14. The minimum absolute atomic E-state index is 0.339. The Morgan fingerprint density at radius 2 is 2.25 bits per heavy atom. The molecule has 0 unspecified atom stereocenters. The molecule has 0 aliphatic rings. The van der Waals surface area contributed by atoms with Crippen LogP contribution in [-0.4, -0.2) is 6.29 Å². The first kappa shape index (κ1) is 9.49. The molecule has 0 atom stereocenters. The summed E-state index contributed by atoms with van der Waals surface area (Å²) in [6.45, 7) is 0. The Hall–Kier alpha value is -0.600. The third-order valence-corrected chi connectivity index (χ3v) is 2.88. The van der Waals surface area contributed by atoms with Gasteiger partial charge in [-0.3, -0.25) is 4.79 Å². The number of hydrogen-bond donors (Lipinski definition) is 0. The first-order valence-corrected chi connectivity index (χ1v) is 4.49. The standard InChI is InChI=1S/C8H3ClINO/c9-8-6(3-11)1-5(4-12)2-7(8)10/h1-2,4H. The molecule has 1 rings (SSSR count). The fraction of sp³-hybridized carbons (Fsp3) is 0. The summed E-state index contributed by atoms with van der Waals surface area (Å²) in [6, 6.07) is 5.02. The molecular weight excluding hydrogens is 288 g/mol. The molecule has 0 radical (unpaired) electrons. The maximum atomic E-state index is 10.4. The van der Waals surface area contributed by atoms with Crippen molar-refractivity contribution in [2.75, 3.05) is 0 Å². The molecule has 1 aromatic carbocycles. The van der Waals surface area contributed by atoms with E-state index in [2.05, 4.69) is 0 Å². The molecule has 0 aliphatic carbocycles. The zero-order valence-electron chi connectivity index (χ0n) is 5.84. The predicted molar refractivity (Wildman–Crippen MR) is 54.3 cm³/mol. The van der Waals surface area contributed by atoms with Crippen LogP contribution in [0.4, 0.5) is 0 Å². The third-order valence-electron chi connectivity index (χ3n) is 1.31. The van der Waals surface area contributed by atoms with Gasteiger partial charge in [0, 0.05) is 9.13 Å². The van der Waals surface area contributed by atoms with Crippen LogP contribution >= 0.6 is 34.2 Å². The molecule has 0 saturated carbocycles. The van der Waals surface area contributed by atoms with Gasteiger partial charge < -0.3 is 0 Å². The lowest BCUT2D eigenvalue weighted by Crippen LogP contribution is -1.87. The van der Waals surface area contributed by atoms with E-state index in [1.807, 2.05) is 28.7 Å².